The molecule has 0 aliphatic carbocycles. The smallest absolute Gasteiger partial charge is 0.245 e. The minimum Gasteiger partial charge on any atom is -0.497 e. The number of ether oxygens (including phenoxy) is 1. The number of amides is 2. The Kier molecular flexibility index (Phi) is 5.53. The van der Waals surface area contributed by atoms with Crippen LogP contribution in [0.3, 0.4) is 0 Å². The SMILES string of the molecule is COc1ccc(N2C[C@H](C(=O)N/N=C/c3cccc(Cl)c3)CC2=O)cc1. The van der Waals surface area contributed by atoms with E-state index in [4.69, 9.17) is 16.3 Å². The average Bonchev–Trinajstić information content (AvgIpc) is 3.04. The number of hydrazone groups is 1. The summed E-state index contributed by atoms with van der Waals surface area (Å²) in [5, 5.41) is 4.54. The molecule has 0 unspecified atom stereocenters. The first-order valence-corrected chi connectivity index (χ1v) is 8.47. The molecule has 2 aromatic carbocycles. The third-order valence-electron chi connectivity index (χ3n) is 4.12. The molecule has 7 heteroatoms. The molecule has 6 nitrogen and oxygen atoms in total. The Labute approximate surface area is 156 Å². The fourth-order valence-corrected chi connectivity index (χ4v) is 2.94. The van der Waals surface area contributed by atoms with Crippen LogP contribution in [0.5, 0.6) is 5.75 Å². The normalized spacial score (nSPS) is 16.9. The molecule has 1 heterocycles. The van der Waals surface area contributed by atoms with Crippen molar-refractivity contribution in [1.29, 1.82) is 0 Å². The van der Waals surface area contributed by atoms with Crippen LogP contribution in [0, 0.1) is 5.92 Å². The van der Waals surface area contributed by atoms with Gasteiger partial charge in [0.05, 0.1) is 19.2 Å². The minimum atomic E-state index is -0.443. The van der Waals surface area contributed by atoms with Crippen molar-refractivity contribution in [2.75, 3.05) is 18.6 Å². The van der Waals surface area contributed by atoms with Crippen LogP contribution in [0.25, 0.3) is 0 Å². The molecule has 0 spiro atoms. The Morgan fingerprint density at radius 1 is 1.31 bits per heavy atom. The van der Waals surface area contributed by atoms with Crippen molar-refractivity contribution in [3.8, 4) is 5.75 Å². The highest BCUT2D eigenvalue weighted by atomic mass is 35.5. The van der Waals surface area contributed by atoms with Gasteiger partial charge in [0.25, 0.3) is 0 Å². The van der Waals surface area contributed by atoms with Crippen molar-refractivity contribution in [1.82, 2.24) is 5.43 Å². The third kappa shape index (κ3) is 4.21. The van der Waals surface area contributed by atoms with Gasteiger partial charge in [0.1, 0.15) is 5.75 Å². The second kappa shape index (κ2) is 8.01. The molecule has 0 bridgehead atoms. The number of hydrogen-bond acceptors (Lipinski definition) is 4. The maximum atomic E-state index is 12.3. The van der Waals surface area contributed by atoms with Gasteiger partial charge in [0.15, 0.2) is 0 Å². The summed E-state index contributed by atoms with van der Waals surface area (Å²) in [6.07, 6.45) is 1.67. The highest BCUT2D eigenvalue weighted by Crippen LogP contribution is 2.26. The predicted octanol–water partition coefficient (Wildman–Crippen LogP) is 2.85. The minimum absolute atomic E-state index is 0.0888. The van der Waals surface area contributed by atoms with Gasteiger partial charge < -0.3 is 9.64 Å². The zero-order chi connectivity index (χ0) is 18.5. The van der Waals surface area contributed by atoms with Crippen LogP contribution in [0.15, 0.2) is 53.6 Å². The summed E-state index contributed by atoms with van der Waals surface area (Å²) in [6.45, 7) is 0.323. The molecule has 1 saturated heterocycles. The predicted molar refractivity (Wildman–Crippen MR) is 101 cm³/mol. The maximum Gasteiger partial charge on any atom is 0.245 e. The molecule has 2 aromatic rings. The lowest BCUT2D eigenvalue weighted by atomic mass is 10.1. The zero-order valence-corrected chi connectivity index (χ0v) is 14.9. The van der Waals surface area contributed by atoms with Gasteiger partial charge in [-0.2, -0.15) is 5.10 Å². The van der Waals surface area contributed by atoms with Crippen molar-refractivity contribution in [3.63, 3.8) is 0 Å². The van der Waals surface area contributed by atoms with Gasteiger partial charge in [0, 0.05) is 23.7 Å². The summed E-state index contributed by atoms with van der Waals surface area (Å²) < 4.78 is 5.11. The Bertz CT molecular complexity index is 836. The highest BCUT2D eigenvalue weighted by Gasteiger charge is 2.35. The largest absolute Gasteiger partial charge is 0.497 e. The van der Waals surface area contributed by atoms with Gasteiger partial charge in [0.2, 0.25) is 11.8 Å². The number of nitrogens with one attached hydrogen (secondary N) is 1. The van der Waals surface area contributed by atoms with Crippen LogP contribution < -0.4 is 15.1 Å². The maximum absolute atomic E-state index is 12.3. The molecular formula is C19H18ClN3O3. The number of halogens is 1. The van der Waals surface area contributed by atoms with E-state index < -0.39 is 5.92 Å². The van der Waals surface area contributed by atoms with Gasteiger partial charge in [-0.3, -0.25) is 9.59 Å². The van der Waals surface area contributed by atoms with Crippen molar-refractivity contribution in [3.05, 3.63) is 59.1 Å². The molecular weight excluding hydrogens is 354 g/mol. The van der Waals surface area contributed by atoms with Gasteiger partial charge >= 0.3 is 0 Å². The molecule has 0 radical (unpaired) electrons. The number of carbonyl (C=O) groups excluding carboxylic acids is 2. The standard InChI is InChI=1S/C19H18ClN3O3/c1-26-17-7-5-16(6-8-17)23-12-14(10-18(23)24)19(25)22-21-11-13-3-2-4-15(20)9-13/h2-9,11,14H,10,12H2,1H3,(H,22,25)/b21-11+/t14-/m1/s1. The lowest BCUT2D eigenvalue weighted by molar-refractivity contribution is -0.126. The van der Waals surface area contributed by atoms with Crippen LogP contribution >= 0.6 is 11.6 Å². The number of anilines is 1. The summed E-state index contributed by atoms with van der Waals surface area (Å²) in [5.41, 5.74) is 4.01. The quantitative estimate of drug-likeness (QED) is 0.649. The van der Waals surface area contributed by atoms with E-state index in [1.807, 2.05) is 6.07 Å². The van der Waals surface area contributed by atoms with E-state index in [-0.39, 0.29) is 18.2 Å². The summed E-state index contributed by atoms with van der Waals surface area (Å²) in [5.74, 6) is -0.104. The summed E-state index contributed by atoms with van der Waals surface area (Å²) in [6, 6.07) is 14.3. The first-order valence-electron chi connectivity index (χ1n) is 8.09. The van der Waals surface area contributed by atoms with Crippen molar-refractivity contribution in [2.24, 2.45) is 11.0 Å². The summed E-state index contributed by atoms with van der Waals surface area (Å²) >= 11 is 5.90. The first kappa shape index (κ1) is 17.9. The van der Waals surface area contributed by atoms with E-state index >= 15 is 0 Å². The van der Waals surface area contributed by atoms with Gasteiger partial charge in [-0.15, -0.1) is 0 Å². The Morgan fingerprint density at radius 2 is 2.08 bits per heavy atom. The van der Waals surface area contributed by atoms with Crippen LogP contribution in [-0.4, -0.2) is 31.7 Å². The van der Waals surface area contributed by atoms with Crippen LogP contribution in [-0.2, 0) is 9.59 Å². The van der Waals surface area contributed by atoms with E-state index in [1.54, 1.807) is 54.5 Å². The molecule has 1 aliphatic heterocycles. The van der Waals surface area contributed by atoms with Crippen LogP contribution in [0.2, 0.25) is 5.02 Å². The molecule has 1 N–H and O–H groups in total. The average molecular weight is 372 g/mol. The van der Waals surface area contributed by atoms with Crippen LogP contribution in [0.4, 0.5) is 5.69 Å². The topological polar surface area (TPSA) is 71.0 Å². The van der Waals surface area contributed by atoms with Gasteiger partial charge in [-0.05, 0) is 42.0 Å². The fraction of sp³-hybridized carbons (Fsp3) is 0.211. The number of carbonyl (C=O) groups is 2. The Hall–Kier alpha value is -2.86. The van der Waals surface area contributed by atoms with Crippen molar-refractivity contribution < 1.29 is 14.3 Å². The van der Waals surface area contributed by atoms with Crippen molar-refractivity contribution in [2.45, 2.75) is 6.42 Å². The molecule has 1 fully saturated rings. The molecule has 0 aromatic heterocycles. The monoisotopic (exact) mass is 371 g/mol. The summed E-state index contributed by atoms with van der Waals surface area (Å²) in [4.78, 5) is 26.1. The summed E-state index contributed by atoms with van der Waals surface area (Å²) in [7, 11) is 1.58. The third-order valence-corrected chi connectivity index (χ3v) is 4.35. The molecule has 1 atom stereocenters. The Morgan fingerprint density at radius 3 is 2.77 bits per heavy atom. The second-order valence-corrected chi connectivity index (χ2v) is 6.33. The van der Waals surface area contributed by atoms with E-state index in [1.165, 1.54) is 6.21 Å². The van der Waals surface area contributed by atoms with Gasteiger partial charge in [-0.25, -0.2) is 5.43 Å². The van der Waals surface area contributed by atoms with E-state index in [0.29, 0.717) is 17.3 Å². The number of nitrogens with zero attached hydrogens (tertiary/aromatic N) is 2. The van der Waals surface area contributed by atoms with E-state index in [0.717, 1.165) is 11.3 Å². The highest BCUT2D eigenvalue weighted by molar-refractivity contribution is 6.30. The molecule has 2 amide bonds. The first-order chi connectivity index (χ1) is 12.6. The number of rotatable bonds is 5. The number of benzene rings is 2. The molecule has 1 aliphatic rings. The van der Waals surface area contributed by atoms with Crippen LogP contribution in [0.1, 0.15) is 12.0 Å². The lowest BCUT2D eigenvalue weighted by Crippen LogP contribution is -2.30. The van der Waals surface area contributed by atoms with Gasteiger partial charge in [-0.1, -0.05) is 23.7 Å². The molecule has 134 valence electrons. The zero-order valence-electron chi connectivity index (χ0n) is 14.2. The second-order valence-electron chi connectivity index (χ2n) is 5.89. The van der Waals surface area contributed by atoms with E-state index in [2.05, 4.69) is 10.5 Å². The Balaban J connectivity index is 1.59. The lowest BCUT2D eigenvalue weighted by Gasteiger charge is -2.16. The number of hydrogen-bond donors (Lipinski definition) is 1. The van der Waals surface area contributed by atoms with Crippen molar-refractivity contribution >= 4 is 35.3 Å². The fourth-order valence-electron chi connectivity index (χ4n) is 2.74. The molecule has 26 heavy (non-hydrogen) atoms. The van der Waals surface area contributed by atoms with E-state index in [9.17, 15) is 9.59 Å². The number of methoxy groups -OCH3 is 1. The molecule has 0 saturated carbocycles. The molecule has 3 rings (SSSR count).